The van der Waals surface area contributed by atoms with Gasteiger partial charge in [-0.3, -0.25) is 0 Å². The van der Waals surface area contributed by atoms with E-state index in [1.54, 1.807) is 0 Å². The minimum Gasteiger partial charge on any atom is -0.456 e. The lowest BCUT2D eigenvalue weighted by Crippen LogP contribution is -2.16. The van der Waals surface area contributed by atoms with Crippen LogP contribution in [0.1, 0.15) is 52.7 Å². The lowest BCUT2D eigenvalue weighted by atomic mass is 9.77. The lowest BCUT2D eigenvalue weighted by molar-refractivity contribution is 0.569. The minimum atomic E-state index is 0.000896. The van der Waals surface area contributed by atoms with Gasteiger partial charge in [-0.15, -0.1) is 0 Å². The van der Waals surface area contributed by atoms with Gasteiger partial charge < -0.3 is 4.42 Å². The van der Waals surface area contributed by atoms with Crippen molar-refractivity contribution in [2.24, 2.45) is 0 Å². The second kappa shape index (κ2) is 13.8. The van der Waals surface area contributed by atoms with E-state index in [0.717, 1.165) is 21.9 Å². The molecule has 0 saturated heterocycles. The molecular weight excluding hydrogens is 737 g/mol. The van der Waals surface area contributed by atoms with Gasteiger partial charge in [-0.2, -0.15) is 0 Å². The molecule has 0 aliphatic rings. The molecule has 10 aromatic carbocycles. The number of hydrogen-bond donors (Lipinski definition) is 0. The summed E-state index contributed by atoms with van der Waals surface area (Å²) in [5, 5.41) is 12.2. The average molecular weight is 785 g/mol. The van der Waals surface area contributed by atoms with Crippen LogP contribution in [0.25, 0.3) is 110 Å². The molecule has 1 heterocycles. The summed E-state index contributed by atoms with van der Waals surface area (Å²) in [6.45, 7) is 13.9. The Morgan fingerprint density at radius 1 is 0.295 bits per heavy atom. The predicted molar refractivity (Wildman–Crippen MR) is 263 cm³/mol. The van der Waals surface area contributed by atoms with Crippen LogP contribution in [0.15, 0.2) is 186 Å². The van der Waals surface area contributed by atoms with Crippen molar-refractivity contribution in [1.29, 1.82) is 0 Å². The van der Waals surface area contributed by atoms with E-state index in [1.807, 2.05) is 0 Å². The Morgan fingerprint density at radius 2 is 0.721 bits per heavy atom. The summed E-state index contributed by atoms with van der Waals surface area (Å²) in [6.07, 6.45) is 0. The Hall–Kier alpha value is -6.96. The van der Waals surface area contributed by atoms with Crippen LogP contribution in [0.3, 0.4) is 0 Å². The predicted octanol–water partition coefficient (Wildman–Crippen LogP) is 17.5. The third kappa shape index (κ3) is 5.98. The van der Waals surface area contributed by atoms with Crippen LogP contribution in [0.5, 0.6) is 0 Å². The molecule has 11 rings (SSSR count). The molecule has 11 aromatic rings. The molecule has 1 heteroatoms. The largest absolute Gasteiger partial charge is 0.456 e. The van der Waals surface area contributed by atoms with E-state index in [1.165, 1.54) is 98.7 Å². The zero-order valence-corrected chi connectivity index (χ0v) is 35.7. The fraction of sp³-hybridized carbons (Fsp3) is 0.133. The molecule has 0 spiro atoms. The first-order valence-electron chi connectivity index (χ1n) is 21.6. The molecule has 1 nitrogen and oxygen atoms in total. The zero-order valence-electron chi connectivity index (χ0n) is 35.7. The molecule has 1 aromatic heterocycles. The molecule has 294 valence electrons. The fourth-order valence-corrected chi connectivity index (χ4v) is 9.91. The molecular formula is C60H48O. The summed E-state index contributed by atoms with van der Waals surface area (Å²) in [4.78, 5) is 0. The van der Waals surface area contributed by atoms with Gasteiger partial charge >= 0.3 is 0 Å². The first-order valence-corrected chi connectivity index (χ1v) is 21.6. The van der Waals surface area contributed by atoms with Gasteiger partial charge in [-0.25, -0.2) is 0 Å². The van der Waals surface area contributed by atoms with Crippen LogP contribution in [0.4, 0.5) is 0 Å². The Balaban J connectivity index is 1.20. The summed E-state index contributed by atoms with van der Waals surface area (Å²) in [7, 11) is 0. The standard InChI is InChI=1S/C60H48O/c1-59(2,3)40-33-39(34-41(36-40)60(4,5)6)56-46-25-14-16-27-48(46)57(49-28-17-15-26-47(49)56)50-29-18-30-53-58(50)51-35-38(31-32-52(51)61-53)55-44-23-12-10-21-42(44)54(37-19-8-7-9-20-37)43-22-11-13-24-45(43)55/h7-36H,1-6H3. The van der Waals surface area contributed by atoms with Crippen molar-refractivity contribution in [3.05, 3.63) is 193 Å². The van der Waals surface area contributed by atoms with Crippen molar-refractivity contribution in [3.63, 3.8) is 0 Å². The Kier molecular flexibility index (Phi) is 8.38. The maximum absolute atomic E-state index is 6.76. The highest BCUT2D eigenvalue weighted by Gasteiger charge is 2.25. The fourth-order valence-electron chi connectivity index (χ4n) is 9.91. The molecule has 0 aliphatic heterocycles. The summed E-state index contributed by atoms with van der Waals surface area (Å²) < 4.78 is 6.76. The third-order valence-corrected chi connectivity index (χ3v) is 12.9. The molecule has 0 unspecified atom stereocenters. The van der Waals surface area contributed by atoms with Crippen LogP contribution < -0.4 is 0 Å². The van der Waals surface area contributed by atoms with E-state index in [4.69, 9.17) is 4.42 Å². The molecule has 0 radical (unpaired) electrons. The molecule has 0 bridgehead atoms. The molecule has 0 atom stereocenters. The van der Waals surface area contributed by atoms with Crippen molar-refractivity contribution in [3.8, 4) is 44.5 Å². The van der Waals surface area contributed by atoms with E-state index in [-0.39, 0.29) is 10.8 Å². The van der Waals surface area contributed by atoms with Crippen LogP contribution >= 0.6 is 0 Å². The Labute approximate surface area is 357 Å². The average Bonchev–Trinajstić information content (AvgIpc) is 3.65. The highest BCUT2D eigenvalue weighted by Crippen LogP contribution is 2.49. The zero-order chi connectivity index (χ0) is 41.6. The van der Waals surface area contributed by atoms with Crippen molar-refractivity contribution in [2.75, 3.05) is 0 Å². The summed E-state index contributed by atoms with van der Waals surface area (Å²) in [5.41, 5.74) is 14.4. The van der Waals surface area contributed by atoms with Crippen molar-refractivity contribution >= 4 is 65.0 Å². The first-order chi connectivity index (χ1) is 29.5. The van der Waals surface area contributed by atoms with Gasteiger partial charge in [0.1, 0.15) is 11.2 Å². The molecule has 61 heavy (non-hydrogen) atoms. The number of hydrogen-bond acceptors (Lipinski definition) is 1. The molecule has 0 aliphatic carbocycles. The van der Waals surface area contributed by atoms with Crippen LogP contribution in [0.2, 0.25) is 0 Å². The summed E-state index contributed by atoms with van der Waals surface area (Å²) in [5.74, 6) is 0. The van der Waals surface area contributed by atoms with E-state index in [2.05, 4.69) is 224 Å². The minimum absolute atomic E-state index is 0.000896. The van der Waals surface area contributed by atoms with Crippen LogP contribution in [-0.4, -0.2) is 0 Å². The number of furan rings is 1. The SMILES string of the molecule is CC(C)(C)c1cc(-c2c3ccccc3c(-c3cccc4oc5ccc(-c6c7ccccc7c(-c7ccccc7)c7ccccc67)cc5c34)c3ccccc23)cc(C(C)(C)C)c1. The van der Waals surface area contributed by atoms with E-state index in [9.17, 15) is 0 Å². The smallest absolute Gasteiger partial charge is 0.136 e. The quantitative estimate of drug-likeness (QED) is 0.162. The molecule has 0 N–H and O–H groups in total. The van der Waals surface area contributed by atoms with E-state index < -0.39 is 0 Å². The van der Waals surface area contributed by atoms with Crippen molar-refractivity contribution in [1.82, 2.24) is 0 Å². The highest BCUT2D eigenvalue weighted by atomic mass is 16.3. The van der Waals surface area contributed by atoms with Gasteiger partial charge in [0.2, 0.25) is 0 Å². The van der Waals surface area contributed by atoms with Crippen molar-refractivity contribution < 1.29 is 4.42 Å². The second-order valence-corrected chi connectivity index (χ2v) is 18.8. The first kappa shape index (κ1) is 37.1. The van der Waals surface area contributed by atoms with Gasteiger partial charge in [0.05, 0.1) is 0 Å². The van der Waals surface area contributed by atoms with Crippen molar-refractivity contribution in [2.45, 2.75) is 52.4 Å². The van der Waals surface area contributed by atoms with E-state index in [0.29, 0.717) is 0 Å². The van der Waals surface area contributed by atoms with Gasteiger partial charge in [0.25, 0.3) is 0 Å². The molecule has 0 saturated carbocycles. The summed E-state index contributed by atoms with van der Waals surface area (Å²) in [6, 6.07) is 67.4. The van der Waals surface area contributed by atoms with Crippen LogP contribution in [-0.2, 0) is 10.8 Å². The summed E-state index contributed by atoms with van der Waals surface area (Å²) >= 11 is 0. The Bertz CT molecular complexity index is 3390. The van der Waals surface area contributed by atoms with Gasteiger partial charge in [0, 0.05) is 10.8 Å². The molecule has 0 fully saturated rings. The highest BCUT2D eigenvalue weighted by molar-refractivity contribution is 6.27. The van der Waals surface area contributed by atoms with Gasteiger partial charge in [-0.05, 0) is 128 Å². The third-order valence-electron chi connectivity index (χ3n) is 12.9. The van der Waals surface area contributed by atoms with Gasteiger partial charge in [0.15, 0.2) is 0 Å². The van der Waals surface area contributed by atoms with E-state index >= 15 is 0 Å². The lowest BCUT2D eigenvalue weighted by Gasteiger charge is -2.27. The normalized spacial score (nSPS) is 12.4. The monoisotopic (exact) mass is 784 g/mol. The van der Waals surface area contributed by atoms with Gasteiger partial charge in [-0.1, -0.05) is 205 Å². The number of rotatable bonds is 4. The Morgan fingerprint density at radius 3 is 1.20 bits per heavy atom. The van der Waals surface area contributed by atoms with Crippen LogP contribution in [0, 0.1) is 0 Å². The second-order valence-electron chi connectivity index (χ2n) is 18.8. The number of benzene rings is 10. The maximum atomic E-state index is 6.76. The number of fused-ring (bicyclic) bond motifs is 7. The topological polar surface area (TPSA) is 13.1 Å². The molecule has 0 amide bonds. The maximum Gasteiger partial charge on any atom is 0.136 e.